The Hall–Kier alpha value is -2.04. The van der Waals surface area contributed by atoms with Crippen LogP contribution in [0.1, 0.15) is 16.7 Å². The van der Waals surface area contributed by atoms with E-state index in [1.807, 2.05) is 42.5 Å². The molecule has 0 amide bonds. The summed E-state index contributed by atoms with van der Waals surface area (Å²) >= 11 is 0. The molecule has 0 spiro atoms. The Bertz CT molecular complexity index is 584. The van der Waals surface area contributed by atoms with Crippen LogP contribution in [0.4, 0.5) is 0 Å². The minimum Gasteiger partial charge on any atom is -0.497 e. The van der Waals surface area contributed by atoms with Crippen LogP contribution in [0.3, 0.4) is 0 Å². The molecule has 0 aliphatic rings. The number of benzene rings is 2. The van der Waals surface area contributed by atoms with Crippen LogP contribution in [0.5, 0.6) is 11.5 Å². The second-order valence-electron chi connectivity index (χ2n) is 4.76. The molecule has 0 bridgehead atoms. The molecular weight excluding hydrogens is 266 g/mol. The Morgan fingerprint density at radius 2 is 1.76 bits per heavy atom. The Morgan fingerprint density at radius 1 is 0.952 bits per heavy atom. The predicted octanol–water partition coefficient (Wildman–Crippen LogP) is 2.49. The summed E-state index contributed by atoms with van der Waals surface area (Å²) in [6.45, 7) is 1.48. The topological polar surface area (TPSA) is 50.7 Å². The highest BCUT2D eigenvalue weighted by Gasteiger charge is 2.05. The van der Waals surface area contributed by atoms with Crippen molar-refractivity contribution < 1.29 is 14.6 Å². The van der Waals surface area contributed by atoms with Crippen molar-refractivity contribution >= 4 is 0 Å². The van der Waals surface area contributed by atoms with Gasteiger partial charge in [0, 0.05) is 18.7 Å². The third-order valence-corrected chi connectivity index (χ3v) is 3.31. The molecule has 0 atom stereocenters. The fourth-order valence-electron chi connectivity index (χ4n) is 2.20. The van der Waals surface area contributed by atoms with Crippen LogP contribution < -0.4 is 14.8 Å². The number of hydrogen-bond donors (Lipinski definition) is 2. The third-order valence-electron chi connectivity index (χ3n) is 3.31. The van der Waals surface area contributed by atoms with Gasteiger partial charge in [-0.15, -0.1) is 0 Å². The summed E-state index contributed by atoms with van der Waals surface area (Å²) in [5.41, 5.74) is 3.12. The number of methoxy groups -OCH3 is 2. The molecule has 0 aliphatic carbocycles. The van der Waals surface area contributed by atoms with Crippen molar-refractivity contribution in [2.45, 2.75) is 19.7 Å². The van der Waals surface area contributed by atoms with Crippen molar-refractivity contribution in [1.82, 2.24) is 5.32 Å². The second kappa shape index (κ2) is 7.67. The monoisotopic (exact) mass is 287 g/mol. The van der Waals surface area contributed by atoms with Crippen molar-refractivity contribution in [2.24, 2.45) is 0 Å². The van der Waals surface area contributed by atoms with Gasteiger partial charge in [0.25, 0.3) is 0 Å². The highest BCUT2D eigenvalue weighted by Crippen LogP contribution is 2.23. The zero-order chi connectivity index (χ0) is 15.1. The van der Waals surface area contributed by atoms with Crippen LogP contribution in [0.15, 0.2) is 42.5 Å². The van der Waals surface area contributed by atoms with E-state index in [2.05, 4.69) is 5.32 Å². The molecule has 2 aromatic rings. The van der Waals surface area contributed by atoms with Crippen LogP contribution in [0.25, 0.3) is 0 Å². The molecular formula is C17H21NO3. The number of hydrogen-bond acceptors (Lipinski definition) is 4. The SMILES string of the molecule is COc1ccc(OC)c(CNCc2cccc(CO)c2)c1. The van der Waals surface area contributed by atoms with Crippen molar-refractivity contribution in [3.63, 3.8) is 0 Å². The highest BCUT2D eigenvalue weighted by molar-refractivity contribution is 5.40. The lowest BCUT2D eigenvalue weighted by Crippen LogP contribution is -2.13. The van der Waals surface area contributed by atoms with Gasteiger partial charge in [-0.25, -0.2) is 0 Å². The molecule has 2 N–H and O–H groups in total. The Labute approximate surface area is 125 Å². The van der Waals surface area contributed by atoms with Gasteiger partial charge >= 0.3 is 0 Å². The number of aliphatic hydroxyl groups is 1. The van der Waals surface area contributed by atoms with Gasteiger partial charge in [0.2, 0.25) is 0 Å². The lowest BCUT2D eigenvalue weighted by atomic mass is 10.1. The van der Waals surface area contributed by atoms with Gasteiger partial charge in [0.1, 0.15) is 11.5 Å². The van der Waals surface area contributed by atoms with E-state index < -0.39 is 0 Å². The molecule has 0 heterocycles. The van der Waals surface area contributed by atoms with Crippen molar-refractivity contribution in [3.05, 3.63) is 59.2 Å². The van der Waals surface area contributed by atoms with Crippen LogP contribution in [-0.2, 0) is 19.7 Å². The average molecular weight is 287 g/mol. The summed E-state index contributed by atoms with van der Waals surface area (Å²) in [5.74, 6) is 1.65. The van der Waals surface area contributed by atoms with Gasteiger partial charge in [0.15, 0.2) is 0 Å². The molecule has 21 heavy (non-hydrogen) atoms. The Kier molecular flexibility index (Phi) is 5.60. The summed E-state index contributed by atoms with van der Waals surface area (Å²) < 4.78 is 10.6. The number of nitrogens with one attached hydrogen (secondary N) is 1. The molecule has 0 fully saturated rings. The lowest BCUT2D eigenvalue weighted by Gasteiger charge is -2.11. The summed E-state index contributed by atoms with van der Waals surface area (Å²) in [6, 6.07) is 13.7. The molecule has 0 aliphatic heterocycles. The molecule has 4 nitrogen and oxygen atoms in total. The number of aliphatic hydroxyl groups excluding tert-OH is 1. The largest absolute Gasteiger partial charge is 0.497 e. The minimum atomic E-state index is 0.0670. The molecule has 0 unspecified atom stereocenters. The molecule has 0 radical (unpaired) electrons. The second-order valence-corrected chi connectivity index (χ2v) is 4.76. The first-order valence-electron chi connectivity index (χ1n) is 6.87. The molecule has 0 saturated carbocycles. The number of ether oxygens (including phenoxy) is 2. The summed E-state index contributed by atoms with van der Waals surface area (Å²) in [4.78, 5) is 0. The number of rotatable bonds is 7. The molecule has 4 heteroatoms. The maximum atomic E-state index is 9.14. The van der Waals surface area contributed by atoms with Crippen LogP contribution >= 0.6 is 0 Å². The lowest BCUT2D eigenvalue weighted by molar-refractivity contribution is 0.281. The van der Waals surface area contributed by atoms with Crippen LogP contribution in [0.2, 0.25) is 0 Å². The van der Waals surface area contributed by atoms with Gasteiger partial charge in [-0.2, -0.15) is 0 Å². The quantitative estimate of drug-likeness (QED) is 0.821. The first kappa shape index (κ1) is 15.4. The van der Waals surface area contributed by atoms with E-state index in [0.717, 1.165) is 34.7 Å². The van der Waals surface area contributed by atoms with Crippen LogP contribution in [0, 0.1) is 0 Å². The first-order valence-corrected chi connectivity index (χ1v) is 6.87. The van der Waals surface area contributed by atoms with E-state index >= 15 is 0 Å². The van der Waals surface area contributed by atoms with Crippen molar-refractivity contribution in [2.75, 3.05) is 14.2 Å². The maximum absolute atomic E-state index is 9.14. The Morgan fingerprint density at radius 3 is 2.48 bits per heavy atom. The molecule has 112 valence electrons. The fourth-order valence-corrected chi connectivity index (χ4v) is 2.20. The summed E-state index contributed by atoms with van der Waals surface area (Å²) in [5, 5.41) is 12.5. The van der Waals surface area contributed by atoms with E-state index in [4.69, 9.17) is 14.6 Å². The van der Waals surface area contributed by atoms with Gasteiger partial charge < -0.3 is 19.9 Å². The van der Waals surface area contributed by atoms with Gasteiger partial charge in [-0.05, 0) is 29.3 Å². The smallest absolute Gasteiger partial charge is 0.123 e. The minimum absolute atomic E-state index is 0.0670. The molecule has 0 aromatic heterocycles. The average Bonchev–Trinajstić information content (AvgIpc) is 2.55. The molecule has 0 saturated heterocycles. The zero-order valence-corrected chi connectivity index (χ0v) is 12.4. The van der Waals surface area contributed by atoms with Gasteiger partial charge in [0.05, 0.1) is 20.8 Å². The van der Waals surface area contributed by atoms with E-state index in [9.17, 15) is 0 Å². The zero-order valence-electron chi connectivity index (χ0n) is 12.4. The van der Waals surface area contributed by atoms with E-state index in [-0.39, 0.29) is 6.61 Å². The molecule has 2 rings (SSSR count). The highest BCUT2D eigenvalue weighted by atomic mass is 16.5. The third kappa shape index (κ3) is 4.21. The van der Waals surface area contributed by atoms with E-state index in [1.54, 1.807) is 14.2 Å². The van der Waals surface area contributed by atoms with E-state index in [0.29, 0.717) is 6.54 Å². The van der Waals surface area contributed by atoms with E-state index in [1.165, 1.54) is 0 Å². The van der Waals surface area contributed by atoms with Crippen molar-refractivity contribution in [1.29, 1.82) is 0 Å². The normalized spacial score (nSPS) is 10.4. The summed E-state index contributed by atoms with van der Waals surface area (Å²) in [6.07, 6.45) is 0. The molecule has 2 aromatic carbocycles. The maximum Gasteiger partial charge on any atom is 0.123 e. The fraction of sp³-hybridized carbons (Fsp3) is 0.294. The Balaban J connectivity index is 1.99. The standard InChI is InChI=1S/C17H21NO3/c1-20-16-6-7-17(21-2)15(9-16)11-18-10-13-4-3-5-14(8-13)12-19/h3-9,18-19H,10-12H2,1-2H3. The van der Waals surface area contributed by atoms with Crippen LogP contribution in [-0.4, -0.2) is 19.3 Å². The predicted molar refractivity (Wildman–Crippen MR) is 82.5 cm³/mol. The first-order chi connectivity index (χ1) is 10.3. The summed E-state index contributed by atoms with van der Waals surface area (Å²) in [7, 11) is 3.31. The van der Waals surface area contributed by atoms with Crippen molar-refractivity contribution in [3.8, 4) is 11.5 Å². The van der Waals surface area contributed by atoms with Gasteiger partial charge in [-0.3, -0.25) is 0 Å². The van der Waals surface area contributed by atoms with Gasteiger partial charge in [-0.1, -0.05) is 24.3 Å².